The van der Waals surface area contributed by atoms with Crippen LogP contribution in [0.1, 0.15) is 71.8 Å². The fourth-order valence-corrected chi connectivity index (χ4v) is 5.22. The van der Waals surface area contributed by atoms with E-state index in [0.717, 1.165) is 85.4 Å². The van der Waals surface area contributed by atoms with Crippen molar-refractivity contribution in [3.63, 3.8) is 0 Å². The fraction of sp³-hybridized carbons (Fsp3) is 0.613. The number of ether oxygens (including phenoxy) is 2. The second-order valence-electron chi connectivity index (χ2n) is 10.1. The zero-order chi connectivity index (χ0) is 26.5. The van der Waals surface area contributed by atoms with Crippen LogP contribution in [-0.2, 0) is 6.54 Å². The molecule has 1 aliphatic rings. The van der Waals surface area contributed by atoms with Gasteiger partial charge in [0.2, 0.25) is 0 Å². The maximum absolute atomic E-state index is 12.9. The molecule has 0 N–H and O–H groups in total. The Labute approximate surface area is 225 Å². The van der Waals surface area contributed by atoms with Crippen LogP contribution in [-0.4, -0.2) is 62.3 Å². The van der Waals surface area contributed by atoms with Gasteiger partial charge in [-0.2, -0.15) is 0 Å². The molecule has 3 rings (SSSR count). The van der Waals surface area contributed by atoms with Crippen molar-refractivity contribution in [3.05, 3.63) is 47.2 Å². The van der Waals surface area contributed by atoms with Gasteiger partial charge in [-0.15, -0.1) is 0 Å². The lowest BCUT2D eigenvalue weighted by Crippen LogP contribution is -2.27. The summed E-state index contributed by atoms with van der Waals surface area (Å²) in [6.45, 7) is 17.3. The van der Waals surface area contributed by atoms with Crippen molar-refractivity contribution in [1.29, 1.82) is 0 Å². The molecule has 0 saturated carbocycles. The van der Waals surface area contributed by atoms with Gasteiger partial charge in [0.25, 0.3) is 0 Å². The SMILES string of the molecule is CCCN(CCC)CCCOc1ccc2c(c1)CN([O-])c1cc(OCCCN(CCC)CCC)ccc1-2. The van der Waals surface area contributed by atoms with Crippen LogP contribution >= 0.6 is 0 Å². The predicted octanol–water partition coefficient (Wildman–Crippen LogP) is 6.95. The third-order valence-corrected chi connectivity index (χ3v) is 6.85. The van der Waals surface area contributed by atoms with E-state index in [0.29, 0.717) is 25.4 Å². The zero-order valence-electron chi connectivity index (χ0n) is 23.6. The molecule has 0 amide bonds. The first-order valence-corrected chi connectivity index (χ1v) is 14.5. The van der Waals surface area contributed by atoms with Gasteiger partial charge in [-0.1, -0.05) is 33.8 Å². The summed E-state index contributed by atoms with van der Waals surface area (Å²) in [6.07, 6.45) is 6.71. The van der Waals surface area contributed by atoms with Crippen molar-refractivity contribution in [2.24, 2.45) is 0 Å². The first-order chi connectivity index (χ1) is 18.1. The summed E-state index contributed by atoms with van der Waals surface area (Å²) in [7, 11) is 0. The van der Waals surface area contributed by atoms with Crippen LogP contribution in [0.25, 0.3) is 11.1 Å². The van der Waals surface area contributed by atoms with Crippen molar-refractivity contribution < 1.29 is 9.47 Å². The summed E-state index contributed by atoms with van der Waals surface area (Å²) in [5.74, 6) is 1.61. The lowest BCUT2D eigenvalue weighted by atomic mass is 9.94. The molecule has 0 atom stereocenters. The molecule has 2 aromatic rings. The average molecular weight is 511 g/mol. The first kappa shape index (κ1) is 29.3. The maximum atomic E-state index is 12.9. The standard InChI is InChI=1S/C31H48N3O3/c1-5-15-32(16-6-2)19-9-21-36-27-11-13-29-26(23-27)25-34(35)31-24-28(12-14-30(29)31)37-22-10-20-33(17-7-3)18-8-4/h11-14,23-24H,5-10,15-22,25H2,1-4H3/q-1. The molecule has 206 valence electrons. The second kappa shape index (κ2) is 15.9. The third kappa shape index (κ3) is 8.91. The molecule has 0 radical (unpaired) electrons. The Bertz CT molecular complexity index is 924. The van der Waals surface area contributed by atoms with Gasteiger partial charge < -0.3 is 29.5 Å². The van der Waals surface area contributed by atoms with Crippen molar-refractivity contribution in [3.8, 4) is 22.6 Å². The number of anilines is 1. The van der Waals surface area contributed by atoms with E-state index in [-0.39, 0.29) is 0 Å². The van der Waals surface area contributed by atoms with Crippen LogP contribution in [0.15, 0.2) is 36.4 Å². The van der Waals surface area contributed by atoms with E-state index in [1.165, 1.54) is 25.7 Å². The molecule has 6 heteroatoms. The van der Waals surface area contributed by atoms with Crippen LogP contribution < -0.4 is 14.5 Å². The number of benzene rings is 2. The Morgan fingerprint density at radius 1 is 0.676 bits per heavy atom. The number of hydroxylamine groups is 1. The highest BCUT2D eigenvalue weighted by molar-refractivity contribution is 5.85. The molecular formula is C31H48N3O3-. The average Bonchev–Trinajstić information content (AvgIpc) is 2.89. The summed E-state index contributed by atoms with van der Waals surface area (Å²) < 4.78 is 12.1. The minimum absolute atomic E-state index is 0.326. The number of nitrogens with zero attached hydrogens (tertiary/aromatic N) is 3. The highest BCUT2D eigenvalue weighted by Crippen LogP contribution is 2.41. The molecule has 0 aliphatic carbocycles. The largest absolute Gasteiger partial charge is 0.758 e. The first-order valence-electron chi connectivity index (χ1n) is 14.5. The van der Waals surface area contributed by atoms with Gasteiger partial charge in [-0.05, 0) is 100 Å². The van der Waals surface area contributed by atoms with Crippen LogP contribution in [0.4, 0.5) is 5.69 Å². The van der Waals surface area contributed by atoms with Gasteiger partial charge in [0.15, 0.2) is 0 Å². The van der Waals surface area contributed by atoms with E-state index in [2.05, 4.69) is 43.6 Å². The predicted molar refractivity (Wildman–Crippen MR) is 156 cm³/mol. The highest BCUT2D eigenvalue weighted by Gasteiger charge is 2.19. The fourth-order valence-electron chi connectivity index (χ4n) is 5.22. The quantitative estimate of drug-likeness (QED) is 0.202. The molecule has 0 unspecified atom stereocenters. The van der Waals surface area contributed by atoms with Crippen molar-refractivity contribution >= 4 is 5.69 Å². The van der Waals surface area contributed by atoms with Crippen molar-refractivity contribution in [2.45, 2.75) is 72.8 Å². The monoisotopic (exact) mass is 510 g/mol. The zero-order valence-corrected chi connectivity index (χ0v) is 23.6. The van der Waals surface area contributed by atoms with E-state index < -0.39 is 0 Å². The summed E-state index contributed by atoms with van der Waals surface area (Å²) >= 11 is 0. The summed E-state index contributed by atoms with van der Waals surface area (Å²) in [5, 5.41) is 14.0. The smallest absolute Gasteiger partial charge is 0.121 e. The molecule has 2 aromatic carbocycles. The molecule has 0 bridgehead atoms. The molecule has 0 saturated heterocycles. The minimum Gasteiger partial charge on any atom is -0.758 e. The van der Waals surface area contributed by atoms with E-state index in [1.807, 2.05) is 30.3 Å². The molecule has 37 heavy (non-hydrogen) atoms. The van der Waals surface area contributed by atoms with Gasteiger partial charge in [0.1, 0.15) is 11.5 Å². The van der Waals surface area contributed by atoms with E-state index in [9.17, 15) is 5.21 Å². The molecule has 1 heterocycles. The van der Waals surface area contributed by atoms with Gasteiger partial charge >= 0.3 is 0 Å². The Kier molecular flexibility index (Phi) is 12.5. The number of rotatable bonds is 18. The Hall–Kier alpha value is -2.28. The summed E-state index contributed by atoms with van der Waals surface area (Å²) in [4.78, 5) is 5.01. The number of hydrogen-bond donors (Lipinski definition) is 0. The lowest BCUT2D eigenvalue weighted by molar-refractivity contribution is 0.234. The lowest BCUT2D eigenvalue weighted by Gasteiger charge is -2.38. The van der Waals surface area contributed by atoms with Gasteiger partial charge in [0.05, 0.1) is 13.2 Å². The summed E-state index contributed by atoms with van der Waals surface area (Å²) in [5.41, 5.74) is 3.76. The maximum Gasteiger partial charge on any atom is 0.121 e. The minimum atomic E-state index is 0.326. The molecular weight excluding hydrogens is 462 g/mol. The second-order valence-corrected chi connectivity index (χ2v) is 10.1. The van der Waals surface area contributed by atoms with Crippen molar-refractivity contribution in [2.75, 3.05) is 57.5 Å². The van der Waals surface area contributed by atoms with Crippen LogP contribution in [0, 0.1) is 5.21 Å². The van der Waals surface area contributed by atoms with E-state index in [1.54, 1.807) is 0 Å². The Morgan fingerprint density at radius 2 is 1.16 bits per heavy atom. The van der Waals surface area contributed by atoms with Crippen LogP contribution in [0.5, 0.6) is 11.5 Å². The topological polar surface area (TPSA) is 51.2 Å². The molecule has 0 spiro atoms. The Morgan fingerprint density at radius 3 is 1.68 bits per heavy atom. The van der Waals surface area contributed by atoms with Gasteiger partial charge in [0, 0.05) is 37.0 Å². The molecule has 0 fully saturated rings. The molecule has 6 nitrogen and oxygen atoms in total. The van der Waals surface area contributed by atoms with E-state index >= 15 is 0 Å². The number of hydrogen-bond acceptors (Lipinski definition) is 6. The molecule has 0 aromatic heterocycles. The van der Waals surface area contributed by atoms with Crippen LogP contribution in [0.3, 0.4) is 0 Å². The highest BCUT2D eigenvalue weighted by atomic mass is 16.5. The van der Waals surface area contributed by atoms with Crippen molar-refractivity contribution in [1.82, 2.24) is 9.80 Å². The third-order valence-electron chi connectivity index (χ3n) is 6.85. The van der Waals surface area contributed by atoms with Crippen LogP contribution in [0.2, 0.25) is 0 Å². The van der Waals surface area contributed by atoms with Gasteiger partial charge in [-0.3, -0.25) is 0 Å². The summed E-state index contributed by atoms with van der Waals surface area (Å²) in [6, 6.07) is 12.0. The Balaban J connectivity index is 1.54. The van der Waals surface area contributed by atoms with E-state index in [4.69, 9.17) is 9.47 Å². The normalized spacial score (nSPS) is 12.7. The number of fused-ring (bicyclic) bond motifs is 3. The molecule has 1 aliphatic heterocycles. The van der Waals surface area contributed by atoms with Gasteiger partial charge in [-0.25, -0.2) is 0 Å².